The highest BCUT2D eigenvalue weighted by atomic mass is 35.5. The largest absolute Gasteiger partial charge is 0.296 e. The van der Waals surface area contributed by atoms with Crippen LogP contribution in [0.15, 0.2) is 6.07 Å². The van der Waals surface area contributed by atoms with Gasteiger partial charge in [0.05, 0.1) is 9.90 Å². The predicted molar refractivity (Wildman–Crippen MR) is 66.9 cm³/mol. The minimum absolute atomic E-state index is 0.329. The Balaban J connectivity index is 2.17. The molecule has 8 heteroatoms. The van der Waals surface area contributed by atoms with Gasteiger partial charge in [0, 0.05) is 0 Å². The maximum atomic E-state index is 11.7. The molecule has 0 aromatic carbocycles. The van der Waals surface area contributed by atoms with Crippen molar-refractivity contribution < 1.29 is 4.79 Å². The zero-order valence-electron chi connectivity index (χ0n) is 7.95. The molecule has 0 unspecified atom stereocenters. The summed E-state index contributed by atoms with van der Waals surface area (Å²) >= 11 is 14.0. The molecule has 84 valence electrons. The number of rotatable bonds is 2. The van der Waals surface area contributed by atoms with Crippen LogP contribution in [0.5, 0.6) is 0 Å². The number of nitrogens with zero attached hydrogens (tertiary/aromatic N) is 2. The van der Waals surface area contributed by atoms with Crippen molar-refractivity contribution in [2.24, 2.45) is 0 Å². The lowest BCUT2D eigenvalue weighted by atomic mass is 10.3. The number of thiophene rings is 1. The predicted octanol–water partition coefficient (Wildman–Crippen LogP) is 3.47. The van der Waals surface area contributed by atoms with Gasteiger partial charge in [-0.25, -0.2) is 0 Å². The van der Waals surface area contributed by atoms with Crippen LogP contribution in [0.2, 0.25) is 8.67 Å². The average Bonchev–Trinajstić information content (AvgIpc) is 2.73. The summed E-state index contributed by atoms with van der Waals surface area (Å²) < 4.78 is 0.840. The molecule has 16 heavy (non-hydrogen) atoms. The van der Waals surface area contributed by atoms with Crippen molar-refractivity contribution >= 4 is 56.9 Å². The smallest absolute Gasteiger partial charge is 0.259 e. The molecular weight excluding hydrogens is 289 g/mol. The number of amides is 1. The van der Waals surface area contributed by atoms with Crippen LogP contribution >= 0.6 is 45.9 Å². The van der Waals surface area contributed by atoms with Gasteiger partial charge in [-0.1, -0.05) is 34.5 Å². The SMILES string of the molecule is Cc1nnc(NC(=O)c2cc(Cl)sc2Cl)s1. The summed E-state index contributed by atoms with van der Waals surface area (Å²) in [6, 6.07) is 1.53. The highest BCUT2D eigenvalue weighted by Gasteiger charge is 2.15. The summed E-state index contributed by atoms with van der Waals surface area (Å²) in [6.07, 6.45) is 0. The van der Waals surface area contributed by atoms with E-state index in [1.54, 1.807) is 0 Å². The molecule has 0 saturated heterocycles. The maximum Gasteiger partial charge on any atom is 0.259 e. The van der Waals surface area contributed by atoms with E-state index < -0.39 is 0 Å². The zero-order chi connectivity index (χ0) is 11.7. The number of hydrogen-bond donors (Lipinski definition) is 1. The summed E-state index contributed by atoms with van der Waals surface area (Å²) in [6.45, 7) is 1.81. The number of nitrogens with one attached hydrogen (secondary N) is 1. The third-order valence-electron chi connectivity index (χ3n) is 1.65. The number of aryl methyl sites for hydroxylation is 1. The van der Waals surface area contributed by atoms with Gasteiger partial charge >= 0.3 is 0 Å². The second-order valence-corrected chi connectivity index (χ2v) is 6.29. The Morgan fingerprint density at radius 2 is 2.12 bits per heavy atom. The van der Waals surface area contributed by atoms with E-state index in [0.717, 1.165) is 16.3 Å². The molecule has 2 heterocycles. The molecule has 0 saturated carbocycles. The standard InChI is InChI=1S/C8H5Cl2N3OS2/c1-3-12-13-8(15-3)11-7(14)4-2-5(9)16-6(4)10/h2H,1H3,(H,11,13,14). The summed E-state index contributed by atoms with van der Waals surface area (Å²) in [5, 5.41) is 11.4. The Labute approximate surface area is 109 Å². The first-order valence-electron chi connectivity index (χ1n) is 4.12. The summed E-state index contributed by atoms with van der Waals surface area (Å²) in [4.78, 5) is 11.7. The average molecular weight is 294 g/mol. The van der Waals surface area contributed by atoms with E-state index in [4.69, 9.17) is 23.2 Å². The summed E-state index contributed by atoms with van der Waals surface area (Å²) in [5.74, 6) is -0.329. The Kier molecular flexibility index (Phi) is 3.44. The second kappa shape index (κ2) is 4.67. The fourth-order valence-corrected chi connectivity index (χ4v) is 3.05. The van der Waals surface area contributed by atoms with Gasteiger partial charge in [-0.15, -0.1) is 21.5 Å². The van der Waals surface area contributed by atoms with Crippen molar-refractivity contribution in [1.82, 2.24) is 10.2 Å². The molecule has 0 radical (unpaired) electrons. The van der Waals surface area contributed by atoms with Gasteiger partial charge in [0.2, 0.25) is 5.13 Å². The van der Waals surface area contributed by atoms with Crippen molar-refractivity contribution in [1.29, 1.82) is 0 Å². The molecule has 2 rings (SSSR count). The molecule has 0 aliphatic heterocycles. The van der Waals surface area contributed by atoms with Gasteiger partial charge in [-0.3, -0.25) is 10.1 Å². The van der Waals surface area contributed by atoms with Gasteiger partial charge in [-0.05, 0) is 13.0 Å². The van der Waals surface area contributed by atoms with E-state index in [2.05, 4.69) is 15.5 Å². The third kappa shape index (κ3) is 2.52. The van der Waals surface area contributed by atoms with Crippen molar-refractivity contribution in [3.05, 3.63) is 25.3 Å². The van der Waals surface area contributed by atoms with E-state index in [1.165, 1.54) is 17.4 Å². The quantitative estimate of drug-likeness (QED) is 0.922. The molecule has 1 N–H and O–H groups in total. The van der Waals surface area contributed by atoms with Crippen LogP contribution in [-0.4, -0.2) is 16.1 Å². The minimum Gasteiger partial charge on any atom is -0.296 e. The molecule has 0 aliphatic carbocycles. The van der Waals surface area contributed by atoms with Gasteiger partial charge in [0.1, 0.15) is 9.34 Å². The van der Waals surface area contributed by atoms with Crippen LogP contribution in [0.4, 0.5) is 5.13 Å². The van der Waals surface area contributed by atoms with Crippen LogP contribution in [0, 0.1) is 6.92 Å². The normalized spacial score (nSPS) is 10.4. The van der Waals surface area contributed by atoms with Crippen molar-refractivity contribution in [3.8, 4) is 0 Å². The Morgan fingerprint density at radius 1 is 1.38 bits per heavy atom. The second-order valence-electron chi connectivity index (χ2n) is 2.82. The number of hydrogen-bond acceptors (Lipinski definition) is 5. The van der Waals surface area contributed by atoms with Gasteiger partial charge in [0.15, 0.2) is 0 Å². The fraction of sp³-hybridized carbons (Fsp3) is 0.125. The van der Waals surface area contributed by atoms with Crippen LogP contribution in [0.1, 0.15) is 15.4 Å². The number of carbonyl (C=O) groups is 1. The minimum atomic E-state index is -0.329. The van der Waals surface area contributed by atoms with Crippen LogP contribution in [0.3, 0.4) is 0 Å². The van der Waals surface area contributed by atoms with E-state index in [9.17, 15) is 4.79 Å². The number of carbonyl (C=O) groups excluding carboxylic acids is 1. The first kappa shape index (κ1) is 11.8. The first-order valence-corrected chi connectivity index (χ1v) is 6.51. The van der Waals surface area contributed by atoms with Crippen molar-refractivity contribution in [2.45, 2.75) is 6.92 Å². The van der Waals surface area contributed by atoms with E-state index in [0.29, 0.717) is 19.4 Å². The molecule has 0 spiro atoms. The third-order valence-corrected chi connectivity index (χ3v) is 3.89. The molecule has 1 amide bonds. The highest BCUT2D eigenvalue weighted by molar-refractivity contribution is 7.20. The Bertz CT molecular complexity index is 537. The molecule has 0 aliphatic rings. The van der Waals surface area contributed by atoms with E-state index in [1.807, 2.05) is 6.92 Å². The number of aromatic nitrogens is 2. The molecule has 0 atom stereocenters. The molecule has 2 aromatic heterocycles. The van der Waals surface area contributed by atoms with Crippen LogP contribution < -0.4 is 5.32 Å². The van der Waals surface area contributed by atoms with Crippen molar-refractivity contribution in [3.63, 3.8) is 0 Å². The van der Waals surface area contributed by atoms with E-state index in [-0.39, 0.29) is 5.91 Å². The van der Waals surface area contributed by atoms with E-state index >= 15 is 0 Å². The molecule has 0 bridgehead atoms. The summed E-state index contributed by atoms with van der Waals surface area (Å²) in [7, 11) is 0. The highest BCUT2D eigenvalue weighted by Crippen LogP contribution is 2.31. The lowest BCUT2D eigenvalue weighted by Crippen LogP contribution is -2.11. The number of halogens is 2. The molecular formula is C8H5Cl2N3OS2. The van der Waals surface area contributed by atoms with Crippen LogP contribution in [0.25, 0.3) is 0 Å². The topological polar surface area (TPSA) is 54.9 Å². The first-order chi connectivity index (χ1) is 7.56. The van der Waals surface area contributed by atoms with Crippen LogP contribution in [-0.2, 0) is 0 Å². The summed E-state index contributed by atoms with van der Waals surface area (Å²) in [5.41, 5.74) is 0.351. The Hall–Kier alpha value is -0.690. The zero-order valence-corrected chi connectivity index (χ0v) is 11.1. The monoisotopic (exact) mass is 293 g/mol. The lowest BCUT2D eigenvalue weighted by molar-refractivity contribution is 0.102. The molecule has 0 fully saturated rings. The van der Waals surface area contributed by atoms with Gasteiger partial charge in [0.25, 0.3) is 5.91 Å². The maximum absolute atomic E-state index is 11.7. The molecule has 4 nitrogen and oxygen atoms in total. The van der Waals surface area contributed by atoms with Crippen molar-refractivity contribution in [2.75, 3.05) is 5.32 Å². The lowest BCUT2D eigenvalue weighted by Gasteiger charge is -1.97. The Morgan fingerprint density at radius 3 is 2.62 bits per heavy atom. The fourth-order valence-electron chi connectivity index (χ4n) is 1.01. The number of anilines is 1. The molecule has 2 aromatic rings. The van der Waals surface area contributed by atoms with Gasteiger partial charge in [-0.2, -0.15) is 0 Å². The van der Waals surface area contributed by atoms with Gasteiger partial charge < -0.3 is 0 Å².